The lowest BCUT2D eigenvalue weighted by molar-refractivity contribution is -0.146. The van der Waals surface area contributed by atoms with Crippen LogP contribution in [0.15, 0.2) is 0 Å². The van der Waals surface area contributed by atoms with Gasteiger partial charge in [0.2, 0.25) is 0 Å². The molecule has 2 bridgehead atoms. The van der Waals surface area contributed by atoms with E-state index in [0.29, 0.717) is 31.1 Å². The molecule has 2 aliphatic rings. The van der Waals surface area contributed by atoms with Crippen LogP contribution in [-0.2, 0) is 0 Å². The zero-order valence-electron chi connectivity index (χ0n) is 11.7. The first-order chi connectivity index (χ1) is 8.96. The molecule has 19 heavy (non-hydrogen) atoms. The Morgan fingerprint density at radius 3 is 2.26 bits per heavy atom. The number of alkyl halides is 3. The fourth-order valence-corrected chi connectivity index (χ4v) is 3.62. The molecule has 0 radical (unpaired) electrons. The summed E-state index contributed by atoms with van der Waals surface area (Å²) in [5, 5.41) is 3.58. The predicted octanol–water partition coefficient (Wildman–Crippen LogP) is 3.18. The van der Waals surface area contributed by atoms with Gasteiger partial charge in [-0.15, -0.1) is 0 Å². The van der Waals surface area contributed by atoms with Crippen LogP contribution in [-0.4, -0.2) is 42.8 Å². The molecular formula is C14H25F3N2. The van der Waals surface area contributed by atoms with Crippen LogP contribution in [0.1, 0.15) is 45.4 Å². The number of nitrogens with one attached hydrogen (secondary N) is 1. The fraction of sp³-hybridized carbons (Fsp3) is 1.00. The molecule has 2 fully saturated rings. The van der Waals surface area contributed by atoms with Crippen molar-refractivity contribution >= 4 is 0 Å². The highest BCUT2D eigenvalue weighted by Crippen LogP contribution is 2.32. The van der Waals surface area contributed by atoms with Crippen molar-refractivity contribution in [2.75, 3.05) is 19.6 Å². The van der Waals surface area contributed by atoms with Gasteiger partial charge in [0, 0.05) is 12.1 Å². The summed E-state index contributed by atoms with van der Waals surface area (Å²) in [6.07, 6.45) is 2.45. The molecule has 2 saturated heterocycles. The van der Waals surface area contributed by atoms with Gasteiger partial charge >= 0.3 is 6.18 Å². The van der Waals surface area contributed by atoms with Gasteiger partial charge in [0.1, 0.15) is 0 Å². The number of hydrogen-bond donors (Lipinski definition) is 1. The quantitative estimate of drug-likeness (QED) is 0.803. The number of fused-ring (bicyclic) bond motifs is 2. The average Bonchev–Trinajstić information content (AvgIpc) is 2.64. The van der Waals surface area contributed by atoms with Gasteiger partial charge in [-0.25, -0.2) is 0 Å². The monoisotopic (exact) mass is 278 g/mol. The van der Waals surface area contributed by atoms with Gasteiger partial charge in [0.05, 0.1) is 6.54 Å². The molecule has 112 valence electrons. The number of nitrogens with zero attached hydrogens (tertiary/aromatic N) is 1. The standard InChI is InChI=1S/C14H25F3N2/c1-2-6-19(10-14(15,16)17)7-5-11-8-12-3-4-13(9-11)18-12/h11-13,18H,2-10H2,1H3. The summed E-state index contributed by atoms with van der Waals surface area (Å²) in [7, 11) is 0. The summed E-state index contributed by atoms with van der Waals surface area (Å²) in [5.41, 5.74) is 0. The third-order valence-corrected chi connectivity index (χ3v) is 4.37. The van der Waals surface area contributed by atoms with Gasteiger partial charge in [-0.3, -0.25) is 4.90 Å². The molecule has 2 unspecified atom stereocenters. The predicted molar refractivity (Wildman–Crippen MR) is 70.1 cm³/mol. The minimum atomic E-state index is -4.07. The highest BCUT2D eigenvalue weighted by Gasteiger charge is 2.34. The molecule has 1 N–H and O–H groups in total. The zero-order valence-corrected chi connectivity index (χ0v) is 11.7. The van der Waals surface area contributed by atoms with Crippen molar-refractivity contribution in [3.8, 4) is 0 Å². The van der Waals surface area contributed by atoms with E-state index < -0.39 is 12.7 Å². The fourth-order valence-electron chi connectivity index (χ4n) is 3.62. The Bertz CT molecular complexity index is 268. The second-order valence-electron chi connectivity index (χ2n) is 6.16. The molecule has 2 atom stereocenters. The molecule has 0 amide bonds. The molecule has 0 spiro atoms. The van der Waals surface area contributed by atoms with Crippen LogP contribution in [0.3, 0.4) is 0 Å². The summed E-state index contributed by atoms with van der Waals surface area (Å²) in [4.78, 5) is 1.57. The van der Waals surface area contributed by atoms with Crippen molar-refractivity contribution in [3.63, 3.8) is 0 Å². The lowest BCUT2D eigenvalue weighted by atomic mass is 9.89. The Hall–Kier alpha value is -0.290. The largest absolute Gasteiger partial charge is 0.401 e. The van der Waals surface area contributed by atoms with E-state index in [0.717, 1.165) is 25.7 Å². The van der Waals surface area contributed by atoms with Crippen LogP contribution in [0, 0.1) is 5.92 Å². The topological polar surface area (TPSA) is 15.3 Å². The van der Waals surface area contributed by atoms with Gasteiger partial charge in [-0.1, -0.05) is 6.92 Å². The van der Waals surface area contributed by atoms with E-state index in [9.17, 15) is 13.2 Å². The molecular weight excluding hydrogens is 253 g/mol. The number of piperidine rings is 1. The number of rotatable bonds is 6. The van der Waals surface area contributed by atoms with Crippen LogP contribution < -0.4 is 5.32 Å². The minimum absolute atomic E-state index is 0.553. The van der Waals surface area contributed by atoms with E-state index in [2.05, 4.69) is 5.32 Å². The highest BCUT2D eigenvalue weighted by molar-refractivity contribution is 4.92. The maximum Gasteiger partial charge on any atom is 0.401 e. The Kier molecular flexibility index (Phi) is 5.12. The van der Waals surface area contributed by atoms with Crippen LogP contribution in [0.5, 0.6) is 0 Å². The van der Waals surface area contributed by atoms with Gasteiger partial charge < -0.3 is 5.32 Å². The maximum atomic E-state index is 12.5. The number of halogens is 3. The lowest BCUT2D eigenvalue weighted by Gasteiger charge is -2.31. The van der Waals surface area contributed by atoms with Gasteiger partial charge in [0.25, 0.3) is 0 Å². The summed E-state index contributed by atoms with van der Waals surface area (Å²) in [6.45, 7) is 2.33. The number of hydrogen-bond acceptors (Lipinski definition) is 2. The summed E-state index contributed by atoms with van der Waals surface area (Å²) in [5.74, 6) is 0.617. The molecule has 5 heteroatoms. The average molecular weight is 278 g/mol. The van der Waals surface area contributed by atoms with Crippen LogP contribution in [0.25, 0.3) is 0 Å². The molecule has 2 nitrogen and oxygen atoms in total. The first kappa shape index (κ1) is 15.1. The van der Waals surface area contributed by atoms with E-state index >= 15 is 0 Å². The third-order valence-electron chi connectivity index (χ3n) is 4.37. The van der Waals surface area contributed by atoms with E-state index in [4.69, 9.17) is 0 Å². The smallest absolute Gasteiger partial charge is 0.311 e. The first-order valence-corrected chi connectivity index (χ1v) is 7.51. The van der Waals surface area contributed by atoms with Crippen molar-refractivity contribution < 1.29 is 13.2 Å². The summed E-state index contributed by atoms with van der Waals surface area (Å²) in [6, 6.07) is 1.26. The lowest BCUT2D eigenvalue weighted by Crippen LogP contribution is -2.40. The molecule has 0 aromatic heterocycles. The second-order valence-corrected chi connectivity index (χ2v) is 6.16. The van der Waals surface area contributed by atoms with Crippen LogP contribution >= 0.6 is 0 Å². The van der Waals surface area contributed by atoms with Crippen LogP contribution in [0.2, 0.25) is 0 Å². The minimum Gasteiger partial charge on any atom is -0.311 e. The van der Waals surface area contributed by atoms with Gasteiger partial charge in [-0.2, -0.15) is 13.2 Å². The molecule has 0 aliphatic carbocycles. The highest BCUT2D eigenvalue weighted by atomic mass is 19.4. The normalized spacial score (nSPS) is 31.1. The van der Waals surface area contributed by atoms with Gasteiger partial charge in [-0.05, 0) is 57.5 Å². The van der Waals surface area contributed by atoms with Crippen LogP contribution in [0.4, 0.5) is 13.2 Å². The molecule has 0 saturated carbocycles. The molecule has 2 heterocycles. The summed E-state index contributed by atoms with van der Waals surface area (Å²) < 4.78 is 37.4. The van der Waals surface area contributed by atoms with Gasteiger partial charge in [0.15, 0.2) is 0 Å². The molecule has 0 aromatic carbocycles. The Balaban J connectivity index is 1.75. The Labute approximate surface area is 113 Å². The van der Waals surface area contributed by atoms with E-state index in [1.54, 1.807) is 4.90 Å². The Morgan fingerprint density at radius 1 is 1.11 bits per heavy atom. The van der Waals surface area contributed by atoms with Crippen molar-refractivity contribution in [3.05, 3.63) is 0 Å². The first-order valence-electron chi connectivity index (χ1n) is 7.51. The zero-order chi connectivity index (χ0) is 13.9. The molecule has 2 aliphatic heterocycles. The SMILES string of the molecule is CCCN(CCC1CC2CCC(C1)N2)CC(F)(F)F. The maximum absolute atomic E-state index is 12.5. The molecule has 0 aromatic rings. The van der Waals surface area contributed by atoms with Crippen molar-refractivity contribution in [1.82, 2.24) is 10.2 Å². The van der Waals surface area contributed by atoms with E-state index in [1.165, 1.54) is 12.8 Å². The van der Waals surface area contributed by atoms with E-state index in [-0.39, 0.29) is 0 Å². The van der Waals surface area contributed by atoms with E-state index in [1.807, 2.05) is 6.92 Å². The third kappa shape index (κ3) is 4.95. The molecule has 2 rings (SSSR count). The van der Waals surface area contributed by atoms with Crippen molar-refractivity contribution in [2.45, 2.75) is 63.7 Å². The second kappa shape index (κ2) is 6.44. The van der Waals surface area contributed by atoms with Crippen molar-refractivity contribution in [2.24, 2.45) is 5.92 Å². The van der Waals surface area contributed by atoms with Crippen molar-refractivity contribution in [1.29, 1.82) is 0 Å². The Morgan fingerprint density at radius 2 is 1.74 bits per heavy atom. The summed E-state index contributed by atoms with van der Waals surface area (Å²) >= 11 is 0.